The van der Waals surface area contributed by atoms with Gasteiger partial charge in [-0.15, -0.1) is 0 Å². The minimum atomic E-state index is 0.121. The summed E-state index contributed by atoms with van der Waals surface area (Å²) in [7, 11) is 0. The van der Waals surface area contributed by atoms with E-state index in [9.17, 15) is 0 Å². The SMILES string of the molecule is Cc1oc(Cl)cc1CCC1(N)CC1. The molecule has 0 spiro atoms. The Bertz CT molecular complexity index is 315. The predicted octanol–water partition coefficient (Wildman–Crippen LogP) is 2.67. The maximum Gasteiger partial charge on any atom is 0.193 e. The second-order valence-electron chi connectivity index (χ2n) is 3.99. The molecule has 2 rings (SSSR count). The highest BCUT2D eigenvalue weighted by atomic mass is 35.5. The van der Waals surface area contributed by atoms with Gasteiger partial charge in [-0.25, -0.2) is 0 Å². The predicted molar refractivity (Wildman–Crippen MR) is 52.9 cm³/mol. The molecule has 1 saturated carbocycles. The van der Waals surface area contributed by atoms with Crippen molar-refractivity contribution in [1.29, 1.82) is 0 Å². The first-order valence-electron chi connectivity index (χ1n) is 4.63. The molecule has 3 heteroatoms. The van der Waals surface area contributed by atoms with Crippen molar-refractivity contribution in [1.82, 2.24) is 0 Å². The Morgan fingerprint density at radius 1 is 1.62 bits per heavy atom. The van der Waals surface area contributed by atoms with Gasteiger partial charge in [-0.05, 0) is 55.8 Å². The number of halogens is 1. The van der Waals surface area contributed by atoms with Crippen molar-refractivity contribution in [2.24, 2.45) is 5.73 Å². The molecule has 0 bridgehead atoms. The van der Waals surface area contributed by atoms with Gasteiger partial charge in [-0.1, -0.05) is 0 Å². The van der Waals surface area contributed by atoms with Crippen molar-refractivity contribution in [2.45, 2.75) is 38.1 Å². The largest absolute Gasteiger partial charge is 0.450 e. The van der Waals surface area contributed by atoms with Crippen LogP contribution in [0.2, 0.25) is 5.22 Å². The van der Waals surface area contributed by atoms with Crippen LogP contribution in [0.4, 0.5) is 0 Å². The number of nitrogens with two attached hydrogens (primary N) is 1. The van der Waals surface area contributed by atoms with Crippen LogP contribution >= 0.6 is 11.6 Å². The standard InChI is InChI=1S/C10H14ClNO/c1-7-8(6-9(11)13-7)2-3-10(12)4-5-10/h6H,2-5,12H2,1H3. The van der Waals surface area contributed by atoms with E-state index in [0.717, 1.165) is 31.4 Å². The first-order chi connectivity index (χ1) is 6.09. The third-order valence-corrected chi connectivity index (χ3v) is 2.96. The summed E-state index contributed by atoms with van der Waals surface area (Å²) < 4.78 is 5.22. The van der Waals surface area contributed by atoms with Crippen molar-refractivity contribution < 1.29 is 4.42 Å². The van der Waals surface area contributed by atoms with E-state index in [0.29, 0.717) is 5.22 Å². The lowest BCUT2D eigenvalue weighted by molar-refractivity contribution is 0.527. The lowest BCUT2D eigenvalue weighted by atomic mass is 10.1. The fourth-order valence-corrected chi connectivity index (χ4v) is 1.77. The summed E-state index contributed by atoms with van der Waals surface area (Å²) in [4.78, 5) is 0. The fraction of sp³-hybridized carbons (Fsp3) is 0.600. The number of furan rings is 1. The lowest BCUT2D eigenvalue weighted by Crippen LogP contribution is -2.22. The van der Waals surface area contributed by atoms with Gasteiger partial charge < -0.3 is 10.2 Å². The molecule has 0 unspecified atom stereocenters. The summed E-state index contributed by atoms with van der Waals surface area (Å²) in [6, 6.07) is 1.89. The van der Waals surface area contributed by atoms with Gasteiger partial charge in [0.05, 0.1) is 0 Å². The van der Waals surface area contributed by atoms with Crippen molar-refractivity contribution >= 4 is 11.6 Å². The number of rotatable bonds is 3. The van der Waals surface area contributed by atoms with Gasteiger partial charge in [-0.3, -0.25) is 0 Å². The summed E-state index contributed by atoms with van der Waals surface area (Å²) in [5, 5.41) is 0.481. The maximum absolute atomic E-state index is 5.99. The van der Waals surface area contributed by atoms with Crippen molar-refractivity contribution in [3.8, 4) is 0 Å². The number of aryl methyl sites for hydroxylation is 2. The molecule has 1 aliphatic rings. The number of hydrogen-bond acceptors (Lipinski definition) is 2. The van der Waals surface area contributed by atoms with Crippen LogP contribution in [-0.4, -0.2) is 5.54 Å². The molecule has 1 aromatic rings. The Morgan fingerprint density at radius 2 is 2.31 bits per heavy atom. The zero-order valence-electron chi connectivity index (χ0n) is 7.77. The summed E-state index contributed by atoms with van der Waals surface area (Å²) in [5.74, 6) is 0.925. The van der Waals surface area contributed by atoms with E-state index < -0.39 is 0 Å². The molecule has 13 heavy (non-hydrogen) atoms. The first-order valence-corrected chi connectivity index (χ1v) is 5.01. The molecule has 1 aliphatic carbocycles. The van der Waals surface area contributed by atoms with Gasteiger partial charge in [-0.2, -0.15) is 0 Å². The van der Waals surface area contributed by atoms with E-state index >= 15 is 0 Å². The summed E-state index contributed by atoms with van der Waals surface area (Å²) in [5.41, 5.74) is 7.30. The number of hydrogen-bond donors (Lipinski definition) is 1. The average Bonchev–Trinajstić information content (AvgIpc) is 2.69. The van der Waals surface area contributed by atoms with Crippen LogP contribution in [0, 0.1) is 6.92 Å². The molecule has 72 valence electrons. The molecule has 1 heterocycles. The quantitative estimate of drug-likeness (QED) is 0.813. The third-order valence-electron chi connectivity index (χ3n) is 2.77. The van der Waals surface area contributed by atoms with Crippen molar-refractivity contribution in [2.75, 3.05) is 0 Å². The van der Waals surface area contributed by atoms with Crippen LogP contribution in [0.3, 0.4) is 0 Å². The molecule has 1 fully saturated rings. The molecule has 0 radical (unpaired) electrons. The zero-order chi connectivity index (χ0) is 9.47. The van der Waals surface area contributed by atoms with Crippen LogP contribution in [0.15, 0.2) is 10.5 Å². The van der Waals surface area contributed by atoms with Gasteiger partial charge in [0.25, 0.3) is 0 Å². The molecule has 2 N–H and O–H groups in total. The maximum atomic E-state index is 5.99. The van der Waals surface area contributed by atoms with Gasteiger partial charge >= 0.3 is 0 Å². The fourth-order valence-electron chi connectivity index (χ4n) is 1.52. The van der Waals surface area contributed by atoms with E-state index in [1.54, 1.807) is 0 Å². The van der Waals surface area contributed by atoms with Gasteiger partial charge in [0.1, 0.15) is 5.76 Å². The van der Waals surface area contributed by atoms with Gasteiger partial charge in [0.2, 0.25) is 0 Å². The molecular formula is C10H14ClNO. The van der Waals surface area contributed by atoms with Crippen LogP contribution in [-0.2, 0) is 6.42 Å². The van der Waals surface area contributed by atoms with E-state index in [1.165, 1.54) is 5.56 Å². The second-order valence-corrected chi connectivity index (χ2v) is 4.37. The molecule has 2 nitrogen and oxygen atoms in total. The van der Waals surface area contributed by atoms with Crippen molar-refractivity contribution in [3.63, 3.8) is 0 Å². The van der Waals surface area contributed by atoms with Crippen LogP contribution in [0.5, 0.6) is 0 Å². The van der Waals surface area contributed by atoms with Crippen molar-refractivity contribution in [3.05, 3.63) is 22.6 Å². The second kappa shape index (κ2) is 3.03. The van der Waals surface area contributed by atoms with E-state index in [2.05, 4.69) is 0 Å². The van der Waals surface area contributed by atoms with Crippen LogP contribution in [0.25, 0.3) is 0 Å². The van der Waals surface area contributed by atoms with E-state index in [1.807, 2.05) is 13.0 Å². The molecule has 1 aromatic heterocycles. The highest BCUT2D eigenvalue weighted by molar-refractivity contribution is 6.28. The average molecular weight is 200 g/mol. The third kappa shape index (κ3) is 2.06. The van der Waals surface area contributed by atoms with Crippen LogP contribution in [0.1, 0.15) is 30.6 Å². The topological polar surface area (TPSA) is 39.2 Å². The normalized spacial score (nSPS) is 19.0. The Kier molecular flexibility index (Phi) is 2.12. The Labute approximate surface area is 83.1 Å². The minimum Gasteiger partial charge on any atom is -0.450 e. The smallest absolute Gasteiger partial charge is 0.193 e. The zero-order valence-corrected chi connectivity index (χ0v) is 8.53. The van der Waals surface area contributed by atoms with E-state index in [-0.39, 0.29) is 5.54 Å². The van der Waals surface area contributed by atoms with E-state index in [4.69, 9.17) is 21.8 Å². The minimum absolute atomic E-state index is 0.121. The van der Waals surface area contributed by atoms with Crippen LogP contribution < -0.4 is 5.73 Å². The highest BCUT2D eigenvalue weighted by Crippen LogP contribution is 2.37. The van der Waals surface area contributed by atoms with Gasteiger partial charge in [0.15, 0.2) is 5.22 Å². The summed E-state index contributed by atoms with van der Waals surface area (Å²) in [6.07, 6.45) is 4.36. The Morgan fingerprint density at radius 3 is 2.77 bits per heavy atom. The summed E-state index contributed by atoms with van der Waals surface area (Å²) in [6.45, 7) is 1.94. The molecule has 0 aromatic carbocycles. The first kappa shape index (κ1) is 9.10. The lowest BCUT2D eigenvalue weighted by Gasteiger charge is -2.06. The molecule has 0 saturated heterocycles. The monoisotopic (exact) mass is 199 g/mol. The molecule has 0 atom stereocenters. The highest BCUT2D eigenvalue weighted by Gasteiger charge is 2.37. The molecule has 0 aliphatic heterocycles. The Balaban J connectivity index is 1.97. The molecule has 0 amide bonds. The molecular weight excluding hydrogens is 186 g/mol. The van der Waals surface area contributed by atoms with Gasteiger partial charge in [0, 0.05) is 5.54 Å². The summed E-state index contributed by atoms with van der Waals surface area (Å²) >= 11 is 5.73. The Hall–Kier alpha value is -0.470.